The summed E-state index contributed by atoms with van der Waals surface area (Å²) in [7, 11) is 0. The number of nitrogens with zero attached hydrogens (tertiary/aromatic N) is 2. The Morgan fingerprint density at radius 2 is 1.60 bits per heavy atom. The zero-order valence-corrected chi connectivity index (χ0v) is 12.8. The van der Waals surface area contributed by atoms with Crippen LogP contribution >= 0.6 is 0 Å². The van der Waals surface area contributed by atoms with Crippen molar-refractivity contribution in [3.8, 4) is 0 Å². The Hall–Kier alpha value is -1.14. The molecule has 6 heteroatoms. The second kappa shape index (κ2) is 6.54. The van der Waals surface area contributed by atoms with Gasteiger partial charge in [-0.2, -0.15) is 0 Å². The lowest BCUT2D eigenvalue weighted by atomic mass is 9.94. The molecule has 2 unspecified atom stereocenters. The van der Waals surface area contributed by atoms with Crippen LogP contribution in [0.1, 0.15) is 27.7 Å². The lowest BCUT2D eigenvalue weighted by Crippen LogP contribution is -2.53. The summed E-state index contributed by atoms with van der Waals surface area (Å²) in [5, 5.41) is 18.7. The van der Waals surface area contributed by atoms with Gasteiger partial charge in [0.05, 0.1) is 11.5 Å². The number of aliphatic hydroxyl groups is 1. The number of carbonyl (C=O) groups is 2. The largest absolute Gasteiger partial charge is 0.481 e. The molecule has 0 aromatic rings. The van der Waals surface area contributed by atoms with Gasteiger partial charge in [0.2, 0.25) is 5.91 Å². The Morgan fingerprint density at radius 3 is 2.00 bits per heavy atom. The van der Waals surface area contributed by atoms with Crippen LogP contribution in [0.5, 0.6) is 0 Å². The van der Waals surface area contributed by atoms with E-state index in [1.807, 2.05) is 0 Å². The van der Waals surface area contributed by atoms with E-state index in [1.54, 1.807) is 32.6 Å². The first kappa shape index (κ1) is 16.9. The number of β-amino-alcohol motifs (C(OH)–C–C–N with tert-alkyl or cyclic N) is 1. The minimum atomic E-state index is -0.938. The zero-order valence-electron chi connectivity index (χ0n) is 12.8. The van der Waals surface area contributed by atoms with Crippen molar-refractivity contribution in [3.63, 3.8) is 0 Å². The number of hydrogen-bond acceptors (Lipinski definition) is 4. The summed E-state index contributed by atoms with van der Waals surface area (Å²) in [6.45, 7) is 9.95. The number of rotatable bonds is 5. The van der Waals surface area contributed by atoms with Gasteiger partial charge in [0.1, 0.15) is 0 Å². The van der Waals surface area contributed by atoms with Gasteiger partial charge < -0.3 is 15.1 Å². The second-order valence-electron chi connectivity index (χ2n) is 6.33. The molecule has 0 aromatic heterocycles. The highest BCUT2D eigenvalue weighted by Crippen LogP contribution is 2.16. The van der Waals surface area contributed by atoms with Gasteiger partial charge in [-0.05, 0) is 13.8 Å². The van der Waals surface area contributed by atoms with Crippen LogP contribution in [0.4, 0.5) is 0 Å². The zero-order chi connectivity index (χ0) is 15.5. The molecule has 1 aliphatic heterocycles. The molecule has 20 heavy (non-hydrogen) atoms. The average Bonchev–Trinajstić information content (AvgIpc) is 2.35. The quantitative estimate of drug-likeness (QED) is 0.757. The van der Waals surface area contributed by atoms with E-state index >= 15 is 0 Å². The Bertz CT molecular complexity index is 357. The maximum Gasteiger partial charge on any atom is 0.307 e. The number of aliphatic carboxylic acids is 1. The standard InChI is InChI=1S/C14H26N2O4/c1-10(11(2)13(18)19)12(17)16-7-5-15(6-8-16)9-14(3,4)20/h10-11,20H,5-9H2,1-4H3,(H,18,19). The van der Waals surface area contributed by atoms with Crippen LogP contribution < -0.4 is 0 Å². The summed E-state index contributed by atoms with van der Waals surface area (Å²) < 4.78 is 0. The van der Waals surface area contributed by atoms with Crippen LogP contribution in [0.3, 0.4) is 0 Å². The molecule has 6 nitrogen and oxygen atoms in total. The van der Waals surface area contributed by atoms with E-state index in [0.29, 0.717) is 32.7 Å². The second-order valence-corrected chi connectivity index (χ2v) is 6.33. The van der Waals surface area contributed by atoms with Gasteiger partial charge in [0.15, 0.2) is 0 Å². The van der Waals surface area contributed by atoms with Crippen LogP contribution in [0.25, 0.3) is 0 Å². The van der Waals surface area contributed by atoms with E-state index < -0.39 is 23.4 Å². The monoisotopic (exact) mass is 286 g/mol. The van der Waals surface area contributed by atoms with Crippen LogP contribution in [-0.2, 0) is 9.59 Å². The van der Waals surface area contributed by atoms with Crippen LogP contribution in [0, 0.1) is 11.8 Å². The predicted octanol–water partition coefficient (Wildman–Crippen LogP) is 0.258. The van der Waals surface area contributed by atoms with Crippen molar-refractivity contribution < 1.29 is 19.8 Å². The van der Waals surface area contributed by atoms with Crippen LogP contribution in [-0.4, -0.2) is 70.2 Å². The molecule has 0 radical (unpaired) electrons. The molecule has 1 amide bonds. The van der Waals surface area contributed by atoms with Crippen molar-refractivity contribution in [2.75, 3.05) is 32.7 Å². The molecule has 1 rings (SSSR count). The number of amides is 1. The van der Waals surface area contributed by atoms with Gasteiger partial charge >= 0.3 is 5.97 Å². The third-order valence-corrected chi connectivity index (χ3v) is 3.82. The third-order valence-electron chi connectivity index (χ3n) is 3.82. The summed E-state index contributed by atoms with van der Waals surface area (Å²) >= 11 is 0. The third kappa shape index (κ3) is 4.76. The van der Waals surface area contributed by atoms with Gasteiger partial charge in [-0.3, -0.25) is 14.5 Å². The minimum Gasteiger partial charge on any atom is -0.481 e. The summed E-state index contributed by atoms with van der Waals surface area (Å²) in [6, 6.07) is 0. The molecule has 0 bridgehead atoms. The first-order valence-electron chi connectivity index (χ1n) is 7.08. The van der Waals surface area contributed by atoms with Gasteiger partial charge in [-0.25, -0.2) is 0 Å². The normalized spacial score (nSPS) is 20.6. The molecular formula is C14H26N2O4. The first-order valence-corrected chi connectivity index (χ1v) is 7.08. The van der Waals surface area contributed by atoms with Gasteiger partial charge in [-0.15, -0.1) is 0 Å². The molecule has 0 spiro atoms. The summed E-state index contributed by atoms with van der Waals surface area (Å²) in [5.74, 6) is -2.21. The summed E-state index contributed by atoms with van der Waals surface area (Å²) in [6.07, 6.45) is 0. The molecule has 1 aliphatic rings. The van der Waals surface area contributed by atoms with E-state index in [4.69, 9.17) is 5.11 Å². The van der Waals surface area contributed by atoms with Crippen molar-refractivity contribution in [2.24, 2.45) is 11.8 Å². The summed E-state index contributed by atoms with van der Waals surface area (Å²) in [4.78, 5) is 27.0. The molecule has 0 aromatic carbocycles. The van der Waals surface area contributed by atoms with E-state index in [9.17, 15) is 14.7 Å². The van der Waals surface area contributed by atoms with Crippen molar-refractivity contribution in [2.45, 2.75) is 33.3 Å². The van der Waals surface area contributed by atoms with E-state index in [-0.39, 0.29) is 5.91 Å². The van der Waals surface area contributed by atoms with E-state index in [0.717, 1.165) is 0 Å². The van der Waals surface area contributed by atoms with E-state index in [1.165, 1.54) is 0 Å². The molecule has 0 aliphatic carbocycles. The lowest BCUT2D eigenvalue weighted by molar-refractivity contribution is -0.150. The Balaban J connectivity index is 2.49. The topological polar surface area (TPSA) is 81.1 Å². The number of carboxylic acids is 1. The van der Waals surface area contributed by atoms with Crippen molar-refractivity contribution in [3.05, 3.63) is 0 Å². The highest BCUT2D eigenvalue weighted by atomic mass is 16.4. The number of hydrogen-bond donors (Lipinski definition) is 2. The SMILES string of the molecule is CC(C(=O)O)C(C)C(=O)N1CCN(CC(C)(C)O)CC1. The minimum absolute atomic E-state index is 0.0946. The highest BCUT2D eigenvalue weighted by molar-refractivity contribution is 5.84. The fraction of sp³-hybridized carbons (Fsp3) is 0.857. The van der Waals surface area contributed by atoms with Gasteiger partial charge in [0, 0.05) is 38.6 Å². The number of carbonyl (C=O) groups excluding carboxylic acids is 1. The Labute approximate surface area is 120 Å². The number of piperazine rings is 1. The van der Waals surface area contributed by atoms with Crippen molar-refractivity contribution in [1.82, 2.24) is 9.80 Å². The van der Waals surface area contributed by atoms with Crippen LogP contribution in [0.2, 0.25) is 0 Å². The Kier molecular flexibility index (Phi) is 5.53. The molecule has 116 valence electrons. The smallest absolute Gasteiger partial charge is 0.307 e. The highest BCUT2D eigenvalue weighted by Gasteiger charge is 2.31. The van der Waals surface area contributed by atoms with Gasteiger partial charge in [0.25, 0.3) is 0 Å². The average molecular weight is 286 g/mol. The fourth-order valence-electron chi connectivity index (χ4n) is 2.39. The molecule has 0 saturated carbocycles. The lowest BCUT2D eigenvalue weighted by Gasteiger charge is -2.38. The first-order chi connectivity index (χ1) is 9.11. The van der Waals surface area contributed by atoms with Gasteiger partial charge in [-0.1, -0.05) is 13.8 Å². The van der Waals surface area contributed by atoms with Crippen LogP contribution in [0.15, 0.2) is 0 Å². The molecule has 2 atom stereocenters. The summed E-state index contributed by atoms with van der Waals surface area (Å²) in [5.41, 5.74) is -0.739. The predicted molar refractivity (Wildman–Crippen MR) is 75.3 cm³/mol. The molecular weight excluding hydrogens is 260 g/mol. The molecule has 1 saturated heterocycles. The Morgan fingerprint density at radius 1 is 1.10 bits per heavy atom. The molecule has 2 N–H and O–H groups in total. The van der Waals surface area contributed by atoms with E-state index in [2.05, 4.69) is 4.90 Å². The molecule has 1 fully saturated rings. The maximum atomic E-state index is 12.2. The number of carboxylic acid groups (broad SMARTS) is 1. The van der Waals surface area contributed by atoms with Crippen molar-refractivity contribution in [1.29, 1.82) is 0 Å². The van der Waals surface area contributed by atoms with Crippen molar-refractivity contribution >= 4 is 11.9 Å². The maximum absolute atomic E-state index is 12.2. The fourth-order valence-corrected chi connectivity index (χ4v) is 2.39. The molecule has 1 heterocycles.